The van der Waals surface area contributed by atoms with Crippen molar-refractivity contribution < 1.29 is 9.00 Å². The van der Waals surface area contributed by atoms with Crippen molar-refractivity contribution in [3.8, 4) is 0 Å². The van der Waals surface area contributed by atoms with Crippen LogP contribution >= 0.6 is 22.9 Å². The molecule has 0 bridgehead atoms. The summed E-state index contributed by atoms with van der Waals surface area (Å²) in [5, 5.41) is 2.72. The van der Waals surface area contributed by atoms with Gasteiger partial charge in [0, 0.05) is 39.5 Å². The van der Waals surface area contributed by atoms with Gasteiger partial charge in [0.05, 0.1) is 0 Å². The maximum absolute atomic E-state index is 12.3. The Balaban J connectivity index is 1.55. The lowest BCUT2D eigenvalue weighted by Crippen LogP contribution is -2.38. The molecule has 2 heterocycles. The Morgan fingerprint density at radius 3 is 2.82 bits per heavy atom. The first-order valence-corrected chi connectivity index (χ1v) is 9.79. The lowest BCUT2D eigenvalue weighted by molar-refractivity contribution is -0.129. The van der Waals surface area contributed by atoms with Crippen LogP contribution in [0.25, 0.3) is 0 Å². The highest BCUT2D eigenvalue weighted by Gasteiger charge is 2.22. The van der Waals surface area contributed by atoms with Gasteiger partial charge in [-0.25, -0.2) is 0 Å². The average Bonchev–Trinajstić information content (AvgIpc) is 2.97. The second-order valence-corrected chi connectivity index (χ2v) is 8.18. The Bertz CT molecular complexity index is 696. The van der Waals surface area contributed by atoms with Crippen molar-refractivity contribution in [1.82, 2.24) is 4.90 Å². The highest BCUT2D eigenvalue weighted by atomic mass is 35.5. The van der Waals surface area contributed by atoms with E-state index in [1.807, 2.05) is 17.0 Å². The number of fused-ring (bicyclic) bond motifs is 1. The van der Waals surface area contributed by atoms with E-state index in [1.165, 1.54) is 10.4 Å². The maximum Gasteiger partial charge on any atom is 0.235 e. The monoisotopic (exact) mass is 353 g/mol. The van der Waals surface area contributed by atoms with Crippen LogP contribution in [0.2, 0.25) is 5.02 Å². The van der Waals surface area contributed by atoms with Gasteiger partial charge in [-0.1, -0.05) is 23.7 Å². The summed E-state index contributed by atoms with van der Waals surface area (Å²) in [5.74, 6) is 0.451. The molecule has 1 aliphatic rings. The molecule has 0 spiro atoms. The molecule has 2 aromatic rings. The zero-order chi connectivity index (χ0) is 15.5. The van der Waals surface area contributed by atoms with Crippen molar-refractivity contribution in [2.24, 2.45) is 0 Å². The predicted molar refractivity (Wildman–Crippen MR) is 91.6 cm³/mol. The SMILES string of the molecule is O=C(CS(=O)Cc1ccc(Cl)cc1)N1CCc2sccc2C1. The number of hydrogen-bond acceptors (Lipinski definition) is 3. The van der Waals surface area contributed by atoms with E-state index in [-0.39, 0.29) is 11.7 Å². The molecule has 6 heteroatoms. The third kappa shape index (κ3) is 3.77. The largest absolute Gasteiger partial charge is 0.337 e. The highest BCUT2D eigenvalue weighted by molar-refractivity contribution is 7.84. The Hall–Kier alpha value is -1.17. The van der Waals surface area contributed by atoms with Gasteiger partial charge < -0.3 is 4.90 Å². The van der Waals surface area contributed by atoms with Gasteiger partial charge >= 0.3 is 0 Å². The molecule has 0 radical (unpaired) electrons. The van der Waals surface area contributed by atoms with E-state index in [4.69, 9.17) is 11.6 Å². The molecule has 0 saturated carbocycles. The van der Waals surface area contributed by atoms with Crippen molar-refractivity contribution in [2.45, 2.75) is 18.7 Å². The highest BCUT2D eigenvalue weighted by Crippen LogP contribution is 2.24. The topological polar surface area (TPSA) is 37.4 Å². The van der Waals surface area contributed by atoms with Gasteiger partial charge in [0.2, 0.25) is 5.91 Å². The summed E-state index contributed by atoms with van der Waals surface area (Å²) in [6, 6.07) is 9.33. The average molecular weight is 354 g/mol. The Morgan fingerprint density at radius 2 is 2.05 bits per heavy atom. The summed E-state index contributed by atoms with van der Waals surface area (Å²) in [5.41, 5.74) is 2.17. The first-order valence-electron chi connectivity index (χ1n) is 7.04. The summed E-state index contributed by atoms with van der Waals surface area (Å²) >= 11 is 7.58. The number of carbonyl (C=O) groups is 1. The molecule has 0 N–H and O–H groups in total. The van der Waals surface area contributed by atoms with Gasteiger partial charge in [-0.15, -0.1) is 11.3 Å². The lowest BCUT2D eigenvalue weighted by Gasteiger charge is -2.26. The van der Waals surface area contributed by atoms with Gasteiger partial charge in [-0.3, -0.25) is 9.00 Å². The van der Waals surface area contributed by atoms with E-state index in [2.05, 4.69) is 11.4 Å². The minimum Gasteiger partial charge on any atom is -0.337 e. The van der Waals surface area contributed by atoms with Gasteiger partial charge in [0.1, 0.15) is 5.75 Å². The molecule has 1 aromatic carbocycles. The van der Waals surface area contributed by atoms with Crippen LogP contribution in [0, 0.1) is 0 Å². The zero-order valence-corrected chi connectivity index (χ0v) is 14.3. The van der Waals surface area contributed by atoms with Crippen LogP contribution in [0.5, 0.6) is 0 Å². The van der Waals surface area contributed by atoms with Gasteiger partial charge in [0.15, 0.2) is 0 Å². The van der Waals surface area contributed by atoms with Crippen LogP contribution in [0.4, 0.5) is 0 Å². The van der Waals surface area contributed by atoms with Crippen molar-refractivity contribution in [1.29, 1.82) is 0 Å². The number of thiophene rings is 1. The number of halogens is 1. The minimum absolute atomic E-state index is 0.0239. The second-order valence-electron chi connectivity index (χ2n) is 5.29. The summed E-state index contributed by atoms with van der Waals surface area (Å²) < 4.78 is 12.2. The van der Waals surface area contributed by atoms with Gasteiger partial charge in [-0.2, -0.15) is 0 Å². The fourth-order valence-corrected chi connectivity index (χ4v) is 4.65. The van der Waals surface area contributed by atoms with Crippen LogP contribution in [0.3, 0.4) is 0 Å². The Morgan fingerprint density at radius 1 is 1.27 bits per heavy atom. The molecule has 1 aromatic heterocycles. The Kier molecular flexibility index (Phi) is 4.96. The quantitative estimate of drug-likeness (QED) is 0.846. The van der Waals surface area contributed by atoms with E-state index in [9.17, 15) is 9.00 Å². The Labute approximate surface area is 141 Å². The zero-order valence-electron chi connectivity index (χ0n) is 12.0. The summed E-state index contributed by atoms with van der Waals surface area (Å²) in [6.07, 6.45) is 0.905. The number of carbonyl (C=O) groups excluding carboxylic acids is 1. The van der Waals surface area contributed by atoms with E-state index in [0.29, 0.717) is 17.3 Å². The summed E-state index contributed by atoms with van der Waals surface area (Å²) in [4.78, 5) is 15.5. The van der Waals surface area contributed by atoms with Crippen molar-refractivity contribution in [2.75, 3.05) is 12.3 Å². The van der Waals surface area contributed by atoms with Crippen LogP contribution < -0.4 is 0 Å². The molecular weight excluding hydrogens is 338 g/mol. The first kappa shape index (κ1) is 15.7. The fraction of sp³-hybridized carbons (Fsp3) is 0.312. The summed E-state index contributed by atoms with van der Waals surface area (Å²) in [6.45, 7) is 1.38. The molecule has 0 fully saturated rings. The number of benzene rings is 1. The normalized spacial score (nSPS) is 15.4. The molecule has 0 saturated heterocycles. The lowest BCUT2D eigenvalue weighted by atomic mass is 10.1. The molecule has 0 aliphatic carbocycles. The molecule has 3 nitrogen and oxygen atoms in total. The van der Waals surface area contributed by atoms with Crippen LogP contribution in [-0.2, 0) is 34.3 Å². The van der Waals surface area contributed by atoms with E-state index in [0.717, 1.165) is 18.5 Å². The summed E-state index contributed by atoms with van der Waals surface area (Å²) in [7, 11) is -1.19. The molecule has 116 valence electrons. The molecular formula is C16H16ClNO2S2. The van der Waals surface area contributed by atoms with E-state index < -0.39 is 10.8 Å². The molecule has 1 aliphatic heterocycles. The molecule has 1 atom stereocenters. The van der Waals surface area contributed by atoms with E-state index in [1.54, 1.807) is 23.5 Å². The number of rotatable bonds is 4. The molecule has 22 heavy (non-hydrogen) atoms. The van der Waals surface area contributed by atoms with Crippen LogP contribution in [-0.4, -0.2) is 27.3 Å². The number of amides is 1. The molecule has 1 amide bonds. The third-order valence-corrected chi connectivity index (χ3v) is 6.18. The standard InChI is InChI=1S/C16H16ClNO2S2/c17-14-3-1-12(2-4-14)10-22(20)11-16(19)18-7-5-15-13(9-18)6-8-21-15/h1-4,6,8H,5,7,9-11H2. The number of hydrogen-bond donors (Lipinski definition) is 0. The molecule has 1 unspecified atom stereocenters. The predicted octanol–water partition coefficient (Wildman–Crippen LogP) is 3.24. The number of nitrogens with zero attached hydrogens (tertiary/aromatic N) is 1. The smallest absolute Gasteiger partial charge is 0.235 e. The fourth-order valence-electron chi connectivity index (χ4n) is 2.51. The molecule has 3 rings (SSSR count). The van der Waals surface area contributed by atoms with Crippen LogP contribution in [0.15, 0.2) is 35.7 Å². The minimum atomic E-state index is -1.19. The van der Waals surface area contributed by atoms with Crippen molar-refractivity contribution in [3.05, 3.63) is 56.7 Å². The van der Waals surface area contributed by atoms with E-state index >= 15 is 0 Å². The van der Waals surface area contributed by atoms with Gasteiger partial charge in [-0.05, 0) is 41.1 Å². The van der Waals surface area contributed by atoms with Gasteiger partial charge in [0.25, 0.3) is 0 Å². The van der Waals surface area contributed by atoms with Crippen molar-refractivity contribution in [3.63, 3.8) is 0 Å². The first-order chi connectivity index (χ1) is 10.6. The van der Waals surface area contributed by atoms with Crippen LogP contribution in [0.1, 0.15) is 16.0 Å². The van der Waals surface area contributed by atoms with Crippen molar-refractivity contribution >= 4 is 39.6 Å². The third-order valence-electron chi connectivity index (χ3n) is 3.69. The maximum atomic E-state index is 12.3. The second kappa shape index (κ2) is 6.94.